The Bertz CT molecular complexity index is 2320. The van der Waals surface area contributed by atoms with Crippen LogP contribution in [0.25, 0.3) is 10.8 Å². The van der Waals surface area contributed by atoms with E-state index in [-0.39, 0.29) is 17.9 Å². The van der Waals surface area contributed by atoms with Crippen molar-refractivity contribution in [1.29, 1.82) is 21.6 Å². The topological polar surface area (TPSA) is 544 Å². The van der Waals surface area contributed by atoms with Gasteiger partial charge >= 0.3 is 0 Å². The predicted octanol–water partition coefficient (Wildman–Crippen LogP) is -8.60. The molecule has 0 spiro atoms. The van der Waals surface area contributed by atoms with Gasteiger partial charge in [-0.15, -0.1) is 0 Å². The van der Waals surface area contributed by atoms with Crippen molar-refractivity contribution >= 4 is 76.0 Å². The van der Waals surface area contributed by atoms with Gasteiger partial charge < -0.3 is 97.8 Å². The van der Waals surface area contributed by atoms with Crippen molar-refractivity contribution in [3.05, 3.63) is 77.9 Å². The number of aliphatic hydroxyl groups is 1. The molecule has 65 heavy (non-hydrogen) atoms. The normalized spacial score (nSPS) is 13.8. The molecule has 0 saturated carbocycles. The molecule has 7 unspecified atom stereocenters. The lowest BCUT2D eigenvalue weighted by Crippen LogP contribution is -2.69. The van der Waals surface area contributed by atoms with Gasteiger partial charge in [0, 0.05) is 12.1 Å². The molecule has 3 rings (SSSR count). The van der Waals surface area contributed by atoms with E-state index in [9.17, 15) is 43.8 Å². The predicted molar refractivity (Wildman–Crippen MR) is 229 cm³/mol. The number of rotatable bonds is 21. The zero-order valence-corrected chi connectivity index (χ0v) is 33.8. The number of carbonyl (C=O) groups is 7. The average molecular weight is 908 g/mol. The Labute approximate surface area is 367 Å². The molecule has 0 aliphatic heterocycles. The summed E-state index contributed by atoms with van der Waals surface area (Å²) in [6.07, 6.45) is -12.0. The second-order valence-electron chi connectivity index (χ2n) is 13.3. The van der Waals surface area contributed by atoms with Crippen LogP contribution >= 0.6 is 0 Å². The van der Waals surface area contributed by atoms with Gasteiger partial charge in [0.05, 0.1) is 0 Å². The van der Waals surface area contributed by atoms with Crippen LogP contribution in [0.2, 0.25) is 0 Å². The maximum Gasteiger partial charge on any atom is 0.265 e. The summed E-state index contributed by atoms with van der Waals surface area (Å²) in [5.74, 6) is -12.7. The van der Waals surface area contributed by atoms with Gasteiger partial charge in [-0.3, -0.25) is 60.5 Å². The first kappa shape index (κ1) is 50.3. The first-order valence-corrected chi connectivity index (χ1v) is 18.5. The van der Waals surface area contributed by atoms with Gasteiger partial charge in [-0.2, -0.15) is 0 Å². The van der Waals surface area contributed by atoms with Crippen molar-refractivity contribution < 1.29 is 43.8 Å². The Morgan fingerprint density at radius 1 is 0.508 bits per heavy atom. The molecule has 7 amide bonds. The summed E-state index contributed by atoms with van der Waals surface area (Å²) in [7, 11) is 0. The minimum absolute atomic E-state index is 0.118. The summed E-state index contributed by atoms with van der Waals surface area (Å²) < 4.78 is 0. The van der Waals surface area contributed by atoms with Crippen LogP contribution in [0.5, 0.6) is 5.75 Å². The van der Waals surface area contributed by atoms with Gasteiger partial charge in [0.1, 0.15) is 11.8 Å². The summed E-state index contributed by atoms with van der Waals surface area (Å²) in [5, 5.41) is 76.6. The molecule has 0 heterocycles. The zero-order chi connectivity index (χ0) is 48.5. The number of nitrogens with two attached hydrogens (primary N) is 6. The lowest BCUT2D eigenvalue weighted by molar-refractivity contribution is -0.137. The van der Waals surface area contributed by atoms with Gasteiger partial charge in [0.15, 0.2) is 60.9 Å². The van der Waals surface area contributed by atoms with Gasteiger partial charge in [-0.05, 0) is 22.4 Å². The number of fused-ring (bicyclic) bond motifs is 1. The maximum atomic E-state index is 13.9. The van der Waals surface area contributed by atoms with Crippen LogP contribution < -0.4 is 92.9 Å². The molecule has 7 atom stereocenters. The second kappa shape index (κ2) is 23.3. The average Bonchev–Trinajstić information content (AvgIpc) is 3.23. The quantitative estimate of drug-likeness (QED) is 0.0268. The summed E-state index contributed by atoms with van der Waals surface area (Å²) in [6.45, 7) is -0.198. The standard InChI is InChI=1S/C35H49N21O9/c36-19(20(37)58)48-26(60)21(53-32(38)39)50-28(62)23(55-34(42)43)52-29(63)24(56-35(44)45)51-27(61)22(54-33(40)41)49-25(59)18(14-7-2-1-3-8-14)47-31(65)30(64)46-12-16-15-9-5-4-6-13(15)10-11-17(16)57/h1-11,18-19,21-24,30,46,57,64H,12,36H2,(H2,37,58)(H,47,65)(H,48,60)(H,49,59)(H,50,62)(H,51,61)(H,52,63)(H4,38,39,53)(H4,40,41,54)(H4,42,43,55)(H4,44,45,56). The smallest absolute Gasteiger partial charge is 0.265 e. The van der Waals surface area contributed by atoms with Gasteiger partial charge in [0.2, 0.25) is 5.91 Å². The first-order chi connectivity index (χ1) is 30.6. The number of benzene rings is 3. The van der Waals surface area contributed by atoms with Gasteiger partial charge in [0.25, 0.3) is 35.4 Å². The van der Waals surface area contributed by atoms with E-state index in [0.717, 1.165) is 5.39 Å². The van der Waals surface area contributed by atoms with Crippen molar-refractivity contribution in [2.45, 2.75) is 49.6 Å². The summed E-state index contributed by atoms with van der Waals surface area (Å²) >= 11 is 0. The summed E-state index contributed by atoms with van der Waals surface area (Å²) in [4.78, 5) is 91.7. The number of phenolic OH excluding ortho intramolecular Hbond substituents is 1. The minimum Gasteiger partial charge on any atom is -0.508 e. The van der Waals surface area contributed by atoms with E-state index in [2.05, 4.69) is 31.9 Å². The van der Waals surface area contributed by atoms with Crippen molar-refractivity contribution in [2.24, 2.45) is 34.4 Å². The van der Waals surface area contributed by atoms with Crippen LogP contribution in [0.15, 0.2) is 66.7 Å². The number of aromatic hydroxyl groups is 1. The molecule has 3 aromatic carbocycles. The molecule has 0 fully saturated rings. The van der Waals surface area contributed by atoms with E-state index in [1.54, 1.807) is 36.4 Å². The number of amides is 7. The van der Waals surface area contributed by atoms with Crippen molar-refractivity contribution in [1.82, 2.24) is 58.5 Å². The fourth-order valence-corrected chi connectivity index (χ4v) is 5.47. The number of primary amides is 1. The number of aliphatic hydroxyl groups excluding tert-OH is 1. The molecule has 0 saturated heterocycles. The third-order valence-corrected chi connectivity index (χ3v) is 8.42. The highest BCUT2D eigenvalue weighted by molar-refractivity contribution is 6.00. The maximum absolute atomic E-state index is 13.9. The number of nitrogens with one attached hydrogen (secondary N) is 15. The highest BCUT2D eigenvalue weighted by Gasteiger charge is 2.34. The fraction of sp³-hybridized carbons (Fsp3) is 0.229. The lowest BCUT2D eigenvalue weighted by Gasteiger charge is -2.28. The van der Waals surface area contributed by atoms with E-state index in [4.69, 9.17) is 56.0 Å². The Hall–Kier alpha value is -9.03. The molecule has 348 valence electrons. The third kappa shape index (κ3) is 15.4. The Morgan fingerprint density at radius 3 is 1.37 bits per heavy atom. The Morgan fingerprint density at radius 2 is 0.923 bits per heavy atom. The lowest BCUT2D eigenvalue weighted by atomic mass is 10.0. The van der Waals surface area contributed by atoms with Gasteiger partial charge in [-0.25, -0.2) is 0 Å². The molecular weight excluding hydrogens is 859 g/mol. The molecular formula is C35H49N21O9. The van der Waals surface area contributed by atoms with Crippen LogP contribution in [0.4, 0.5) is 0 Å². The second-order valence-corrected chi connectivity index (χ2v) is 13.3. The van der Waals surface area contributed by atoms with Crippen LogP contribution in [-0.4, -0.2) is 112 Å². The van der Waals surface area contributed by atoms with Gasteiger partial charge in [-0.1, -0.05) is 60.7 Å². The van der Waals surface area contributed by atoms with Crippen LogP contribution in [-0.2, 0) is 40.1 Å². The SMILES string of the molecule is N=C(N)NC(NC(=O)C(NC(=N)N)NC(=O)C(NC(=N)N)NC(=O)C(NC(=N)N)NC(=O)C(NC(=O)C(O)NCc1c(O)ccc2ccccc12)c1ccccc1)C(=O)NC(N)C(N)=O. The number of hydrogen-bond acceptors (Lipinski definition) is 15. The number of guanidine groups is 4. The Kier molecular flexibility index (Phi) is 18.0. The number of phenols is 1. The molecule has 0 aliphatic rings. The fourth-order valence-electron chi connectivity index (χ4n) is 5.47. The number of carbonyl (C=O) groups excluding carboxylic acids is 7. The van der Waals surface area contributed by atoms with Crippen molar-refractivity contribution in [3.63, 3.8) is 0 Å². The molecule has 0 aromatic heterocycles. The van der Waals surface area contributed by atoms with Crippen molar-refractivity contribution in [2.75, 3.05) is 0 Å². The third-order valence-electron chi connectivity index (χ3n) is 8.42. The Balaban J connectivity index is 1.83. The monoisotopic (exact) mass is 907 g/mol. The molecule has 0 radical (unpaired) electrons. The molecule has 30 heteroatoms. The minimum atomic E-state index is -2.13. The summed E-state index contributed by atoms with van der Waals surface area (Å²) in [5.41, 5.74) is 32.5. The molecule has 30 nitrogen and oxygen atoms in total. The molecule has 29 N–H and O–H groups in total. The highest BCUT2D eigenvalue weighted by atomic mass is 16.3. The first-order valence-electron chi connectivity index (χ1n) is 18.5. The van der Waals surface area contributed by atoms with E-state index in [1.165, 1.54) is 30.3 Å². The van der Waals surface area contributed by atoms with Crippen molar-refractivity contribution in [3.8, 4) is 5.75 Å². The highest BCUT2D eigenvalue weighted by Crippen LogP contribution is 2.27. The van der Waals surface area contributed by atoms with Crippen LogP contribution in [0, 0.1) is 21.6 Å². The largest absolute Gasteiger partial charge is 0.508 e. The zero-order valence-electron chi connectivity index (χ0n) is 33.8. The molecule has 3 aromatic rings. The number of hydrogen-bond donors (Lipinski definition) is 23. The van der Waals surface area contributed by atoms with E-state index >= 15 is 0 Å². The van der Waals surface area contributed by atoms with E-state index in [1.807, 2.05) is 26.6 Å². The molecule has 0 bridgehead atoms. The van der Waals surface area contributed by atoms with E-state index < -0.39 is 108 Å². The van der Waals surface area contributed by atoms with Crippen LogP contribution in [0.3, 0.4) is 0 Å². The summed E-state index contributed by atoms with van der Waals surface area (Å²) in [6, 6.07) is 16.0. The van der Waals surface area contributed by atoms with Crippen LogP contribution in [0.1, 0.15) is 17.2 Å². The molecule has 0 aliphatic carbocycles. The van der Waals surface area contributed by atoms with E-state index in [0.29, 0.717) is 10.9 Å².